The molecule has 0 saturated heterocycles. The molecule has 1 N–H and O–H groups in total. The van der Waals surface area contributed by atoms with E-state index in [1.54, 1.807) is 55.5 Å². The summed E-state index contributed by atoms with van der Waals surface area (Å²) in [5.41, 5.74) is 2.25. The number of benzene rings is 3. The predicted molar refractivity (Wildman–Crippen MR) is 147 cm³/mol. The van der Waals surface area contributed by atoms with Gasteiger partial charge in [-0.25, -0.2) is 8.42 Å². The summed E-state index contributed by atoms with van der Waals surface area (Å²) in [4.78, 5) is 28.4. The van der Waals surface area contributed by atoms with Gasteiger partial charge in [0.1, 0.15) is 12.6 Å². The van der Waals surface area contributed by atoms with Gasteiger partial charge in [-0.1, -0.05) is 73.2 Å². The summed E-state index contributed by atoms with van der Waals surface area (Å²) in [5, 5.41) is 2.94. The molecule has 3 rings (SSSR count). The summed E-state index contributed by atoms with van der Waals surface area (Å²) in [6.07, 6.45) is 0.751. The van der Waals surface area contributed by atoms with Gasteiger partial charge >= 0.3 is 0 Å². The summed E-state index contributed by atoms with van der Waals surface area (Å²) in [5.74, 6) is -0.760. The van der Waals surface area contributed by atoms with E-state index in [9.17, 15) is 18.0 Å². The molecule has 0 aliphatic heterocycles. The predicted octanol–water partition coefficient (Wildman–Crippen LogP) is 4.52. The SMILES string of the molecule is CC[C@H](C)NC(=O)[C@H](C)N(Cc1cccc(C)c1)C(=O)CN(c1ccccc1)S(=O)(=O)c1ccccc1. The lowest BCUT2D eigenvalue weighted by atomic mass is 10.1. The van der Waals surface area contributed by atoms with Gasteiger partial charge < -0.3 is 10.2 Å². The van der Waals surface area contributed by atoms with Crippen LogP contribution in [0.3, 0.4) is 0 Å². The molecule has 196 valence electrons. The number of amides is 2. The normalized spacial score (nSPS) is 12.9. The van der Waals surface area contributed by atoms with Crippen LogP contribution in [-0.2, 0) is 26.2 Å². The number of carbonyl (C=O) groups is 2. The quantitative estimate of drug-likeness (QED) is 0.402. The van der Waals surface area contributed by atoms with Crippen LogP contribution in [-0.4, -0.2) is 43.8 Å². The van der Waals surface area contributed by atoms with Gasteiger partial charge in [0.15, 0.2) is 0 Å². The Kier molecular flexibility index (Phi) is 9.47. The molecule has 2 atom stereocenters. The molecule has 8 heteroatoms. The highest BCUT2D eigenvalue weighted by Gasteiger charge is 2.32. The average molecular weight is 522 g/mol. The zero-order valence-corrected chi connectivity index (χ0v) is 22.6. The minimum Gasteiger partial charge on any atom is -0.352 e. The highest BCUT2D eigenvalue weighted by atomic mass is 32.2. The first-order chi connectivity index (χ1) is 17.6. The van der Waals surface area contributed by atoms with Gasteiger partial charge in [0.25, 0.3) is 10.0 Å². The summed E-state index contributed by atoms with van der Waals surface area (Å²) in [6, 6.07) is 23.4. The largest absolute Gasteiger partial charge is 0.352 e. The summed E-state index contributed by atoms with van der Waals surface area (Å²) >= 11 is 0. The Labute approximate surface area is 220 Å². The Morgan fingerprint density at radius 3 is 2.11 bits per heavy atom. The molecule has 0 saturated carbocycles. The van der Waals surface area contributed by atoms with E-state index in [0.717, 1.165) is 21.9 Å². The summed E-state index contributed by atoms with van der Waals surface area (Å²) in [7, 11) is -4.05. The summed E-state index contributed by atoms with van der Waals surface area (Å²) < 4.78 is 28.4. The molecule has 0 aliphatic rings. The van der Waals surface area contributed by atoms with Crippen molar-refractivity contribution in [3.05, 3.63) is 96.1 Å². The van der Waals surface area contributed by atoms with E-state index in [4.69, 9.17) is 0 Å². The van der Waals surface area contributed by atoms with Gasteiger partial charge in [0.05, 0.1) is 10.6 Å². The van der Waals surface area contributed by atoms with Crippen LogP contribution in [0.1, 0.15) is 38.3 Å². The van der Waals surface area contributed by atoms with Crippen molar-refractivity contribution in [1.29, 1.82) is 0 Å². The topological polar surface area (TPSA) is 86.8 Å². The van der Waals surface area contributed by atoms with Crippen molar-refractivity contribution in [1.82, 2.24) is 10.2 Å². The second-order valence-electron chi connectivity index (χ2n) is 9.16. The Morgan fingerprint density at radius 2 is 1.51 bits per heavy atom. The van der Waals surface area contributed by atoms with E-state index in [1.807, 2.05) is 45.0 Å². The fraction of sp³-hybridized carbons (Fsp3) is 0.310. The smallest absolute Gasteiger partial charge is 0.264 e. The van der Waals surface area contributed by atoms with E-state index in [-0.39, 0.29) is 23.4 Å². The molecular formula is C29H35N3O4S. The monoisotopic (exact) mass is 521 g/mol. The van der Waals surface area contributed by atoms with Crippen LogP contribution in [0.5, 0.6) is 0 Å². The standard InChI is InChI=1S/C29H35N3O4S/c1-5-23(3)30-29(34)24(4)31(20-25-14-12-13-22(2)19-25)28(33)21-32(26-15-8-6-9-16-26)37(35,36)27-17-10-7-11-18-27/h6-19,23-24H,5,20-21H2,1-4H3,(H,30,34)/t23-,24-/m0/s1. The molecule has 0 aromatic heterocycles. The van der Waals surface area contributed by atoms with Crippen LogP contribution in [0.2, 0.25) is 0 Å². The maximum absolute atomic E-state index is 13.8. The lowest BCUT2D eigenvalue weighted by Gasteiger charge is -2.32. The van der Waals surface area contributed by atoms with Gasteiger partial charge in [0, 0.05) is 12.6 Å². The molecule has 0 spiro atoms. The van der Waals surface area contributed by atoms with Crippen LogP contribution in [0.15, 0.2) is 89.8 Å². The molecule has 0 fully saturated rings. The van der Waals surface area contributed by atoms with E-state index in [1.165, 1.54) is 17.0 Å². The van der Waals surface area contributed by atoms with Crippen molar-refractivity contribution in [2.45, 2.75) is 57.6 Å². The third-order valence-corrected chi connectivity index (χ3v) is 8.05. The van der Waals surface area contributed by atoms with Gasteiger partial charge in [-0.3, -0.25) is 13.9 Å². The highest BCUT2D eigenvalue weighted by Crippen LogP contribution is 2.24. The zero-order valence-electron chi connectivity index (χ0n) is 21.8. The molecule has 3 aromatic rings. The molecule has 3 aromatic carbocycles. The number of carbonyl (C=O) groups excluding carboxylic acids is 2. The molecule has 7 nitrogen and oxygen atoms in total. The molecule has 2 amide bonds. The number of aryl methyl sites for hydroxylation is 1. The minimum atomic E-state index is -4.05. The number of hydrogen-bond donors (Lipinski definition) is 1. The lowest BCUT2D eigenvalue weighted by molar-refractivity contribution is -0.139. The van der Waals surface area contributed by atoms with Crippen molar-refractivity contribution in [2.24, 2.45) is 0 Å². The lowest BCUT2D eigenvalue weighted by Crippen LogP contribution is -2.52. The Morgan fingerprint density at radius 1 is 0.892 bits per heavy atom. The van der Waals surface area contributed by atoms with Crippen LogP contribution in [0.25, 0.3) is 0 Å². The number of sulfonamides is 1. The van der Waals surface area contributed by atoms with Crippen molar-refractivity contribution in [3.8, 4) is 0 Å². The van der Waals surface area contributed by atoms with Gasteiger partial charge in [-0.05, 0) is 57.0 Å². The molecule has 0 unspecified atom stereocenters. The first-order valence-electron chi connectivity index (χ1n) is 12.4. The Hall–Kier alpha value is -3.65. The molecule has 0 radical (unpaired) electrons. The van der Waals surface area contributed by atoms with Crippen molar-refractivity contribution < 1.29 is 18.0 Å². The number of hydrogen-bond acceptors (Lipinski definition) is 4. The Balaban J connectivity index is 1.99. The zero-order chi connectivity index (χ0) is 27.0. The van der Waals surface area contributed by atoms with Crippen molar-refractivity contribution >= 4 is 27.5 Å². The number of rotatable bonds is 11. The molecule has 0 heterocycles. The number of para-hydroxylation sites is 1. The molecular weight excluding hydrogens is 486 g/mol. The first kappa shape index (κ1) is 27.9. The molecule has 37 heavy (non-hydrogen) atoms. The number of nitrogens with one attached hydrogen (secondary N) is 1. The second kappa shape index (κ2) is 12.5. The maximum Gasteiger partial charge on any atom is 0.264 e. The second-order valence-corrected chi connectivity index (χ2v) is 11.0. The van der Waals surface area contributed by atoms with Crippen LogP contribution in [0, 0.1) is 6.92 Å². The van der Waals surface area contributed by atoms with E-state index < -0.39 is 28.5 Å². The van der Waals surface area contributed by atoms with Crippen LogP contribution >= 0.6 is 0 Å². The third kappa shape index (κ3) is 7.20. The minimum absolute atomic E-state index is 0.0508. The fourth-order valence-electron chi connectivity index (χ4n) is 3.90. The van der Waals surface area contributed by atoms with Gasteiger partial charge in [-0.2, -0.15) is 0 Å². The van der Waals surface area contributed by atoms with Crippen LogP contribution in [0.4, 0.5) is 5.69 Å². The van der Waals surface area contributed by atoms with Gasteiger partial charge in [-0.15, -0.1) is 0 Å². The Bertz CT molecular complexity index is 1300. The fourth-order valence-corrected chi connectivity index (χ4v) is 5.33. The first-order valence-corrected chi connectivity index (χ1v) is 13.9. The molecule has 0 aliphatic carbocycles. The number of anilines is 1. The average Bonchev–Trinajstić information content (AvgIpc) is 2.90. The van der Waals surface area contributed by atoms with E-state index in [0.29, 0.717) is 5.69 Å². The highest BCUT2D eigenvalue weighted by molar-refractivity contribution is 7.92. The van der Waals surface area contributed by atoms with Gasteiger partial charge in [0.2, 0.25) is 11.8 Å². The van der Waals surface area contributed by atoms with Crippen molar-refractivity contribution in [3.63, 3.8) is 0 Å². The summed E-state index contributed by atoms with van der Waals surface area (Å²) in [6.45, 7) is 7.22. The van der Waals surface area contributed by atoms with E-state index >= 15 is 0 Å². The van der Waals surface area contributed by atoms with E-state index in [2.05, 4.69) is 5.32 Å². The van der Waals surface area contributed by atoms with Crippen LogP contribution < -0.4 is 9.62 Å². The third-order valence-electron chi connectivity index (χ3n) is 6.26. The number of nitrogens with zero attached hydrogens (tertiary/aromatic N) is 2. The molecule has 0 bridgehead atoms. The van der Waals surface area contributed by atoms with Crippen molar-refractivity contribution in [2.75, 3.05) is 10.8 Å². The maximum atomic E-state index is 13.8.